The molecule has 0 fully saturated rings. The highest BCUT2D eigenvalue weighted by Crippen LogP contribution is 2.29. The minimum Gasteiger partial charge on any atom is -0.326 e. The van der Waals surface area contributed by atoms with Crippen molar-refractivity contribution in [3.63, 3.8) is 0 Å². The Balaban J connectivity index is 1.49. The second kappa shape index (κ2) is 7.93. The molecule has 0 bridgehead atoms. The fourth-order valence-electron chi connectivity index (χ4n) is 2.78. The lowest BCUT2D eigenvalue weighted by molar-refractivity contribution is -0.115. The molecule has 2 aromatic heterocycles. The topological polar surface area (TPSA) is 54.9 Å². The molecule has 2 heterocycles. The minimum absolute atomic E-state index is 0.0332. The summed E-state index contributed by atoms with van der Waals surface area (Å²) in [4.78, 5) is 21.0. The van der Waals surface area contributed by atoms with Crippen molar-refractivity contribution in [3.05, 3.63) is 90.1 Å². The fraction of sp³-hybridized carbons (Fsp3) is 0.0455. The van der Waals surface area contributed by atoms with Gasteiger partial charge in [-0.15, -0.1) is 11.3 Å². The van der Waals surface area contributed by atoms with Gasteiger partial charge in [0.2, 0.25) is 5.91 Å². The van der Waals surface area contributed by atoms with Crippen molar-refractivity contribution in [1.82, 2.24) is 9.97 Å². The first-order chi connectivity index (χ1) is 13.3. The first-order valence-electron chi connectivity index (χ1n) is 8.58. The Morgan fingerprint density at radius 1 is 0.926 bits per heavy atom. The van der Waals surface area contributed by atoms with E-state index in [1.165, 1.54) is 0 Å². The minimum atomic E-state index is -0.0332. The molecule has 1 N–H and O–H groups in total. The molecule has 0 aliphatic carbocycles. The maximum Gasteiger partial charge on any atom is 0.228 e. The molecule has 0 aliphatic heterocycles. The summed E-state index contributed by atoms with van der Waals surface area (Å²) in [5.41, 5.74) is 4.68. The predicted octanol–water partition coefficient (Wildman–Crippen LogP) is 5.05. The molecule has 0 spiro atoms. The maximum absolute atomic E-state index is 12.3. The Bertz CT molecular complexity index is 1050. The number of nitrogens with zero attached hydrogens (tertiary/aromatic N) is 2. The van der Waals surface area contributed by atoms with E-state index >= 15 is 0 Å². The van der Waals surface area contributed by atoms with Crippen LogP contribution < -0.4 is 5.32 Å². The molecule has 0 aliphatic rings. The molecule has 0 atom stereocenters. The average molecular weight is 371 g/mol. The molecule has 0 unspecified atom stereocenters. The van der Waals surface area contributed by atoms with Crippen molar-refractivity contribution in [3.8, 4) is 21.8 Å². The van der Waals surface area contributed by atoms with E-state index in [2.05, 4.69) is 10.3 Å². The van der Waals surface area contributed by atoms with Crippen LogP contribution in [0.4, 0.5) is 5.69 Å². The number of thiazole rings is 1. The van der Waals surface area contributed by atoms with E-state index in [1.807, 2.05) is 72.1 Å². The molecule has 0 radical (unpaired) electrons. The molecule has 5 heteroatoms. The van der Waals surface area contributed by atoms with Crippen LogP contribution in [0.1, 0.15) is 5.56 Å². The lowest BCUT2D eigenvalue weighted by atomic mass is 10.1. The van der Waals surface area contributed by atoms with Gasteiger partial charge in [0.15, 0.2) is 0 Å². The van der Waals surface area contributed by atoms with Gasteiger partial charge in [0, 0.05) is 34.6 Å². The summed E-state index contributed by atoms with van der Waals surface area (Å²) in [6.07, 6.45) is 3.88. The average Bonchev–Trinajstić information content (AvgIpc) is 3.20. The SMILES string of the molecule is O=C(Cc1ccccc1)Nc1cccc(-c2csc(-c3ccncc3)n2)c1. The molecule has 4 rings (SSSR count). The Morgan fingerprint density at radius 3 is 2.56 bits per heavy atom. The van der Waals surface area contributed by atoms with Crippen LogP contribution in [-0.2, 0) is 11.2 Å². The van der Waals surface area contributed by atoms with Crippen LogP contribution in [0.5, 0.6) is 0 Å². The summed E-state index contributed by atoms with van der Waals surface area (Å²) in [6, 6.07) is 21.4. The predicted molar refractivity (Wildman–Crippen MR) is 110 cm³/mol. The number of anilines is 1. The highest BCUT2D eigenvalue weighted by Gasteiger charge is 2.09. The first kappa shape index (κ1) is 17.1. The molecule has 4 aromatic rings. The number of amides is 1. The number of pyridine rings is 1. The van der Waals surface area contributed by atoms with E-state index in [1.54, 1.807) is 23.7 Å². The third-order valence-corrected chi connectivity index (χ3v) is 4.97. The molecule has 1 amide bonds. The van der Waals surface area contributed by atoms with Gasteiger partial charge in [-0.05, 0) is 29.8 Å². The maximum atomic E-state index is 12.3. The van der Waals surface area contributed by atoms with E-state index in [9.17, 15) is 4.79 Å². The Morgan fingerprint density at radius 2 is 1.74 bits per heavy atom. The number of rotatable bonds is 5. The molecule has 0 saturated heterocycles. The van der Waals surface area contributed by atoms with Gasteiger partial charge >= 0.3 is 0 Å². The number of hydrogen-bond donors (Lipinski definition) is 1. The van der Waals surface area contributed by atoms with Crippen LogP contribution in [0, 0.1) is 0 Å². The third kappa shape index (κ3) is 4.27. The van der Waals surface area contributed by atoms with Crippen LogP contribution in [-0.4, -0.2) is 15.9 Å². The second-order valence-electron chi connectivity index (χ2n) is 6.07. The quantitative estimate of drug-likeness (QED) is 0.534. The van der Waals surface area contributed by atoms with Gasteiger partial charge in [0.05, 0.1) is 12.1 Å². The molecular weight excluding hydrogens is 354 g/mol. The molecule has 27 heavy (non-hydrogen) atoms. The number of nitrogens with one attached hydrogen (secondary N) is 1. The van der Waals surface area contributed by atoms with Crippen molar-refractivity contribution < 1.29 is 4.79 Å². The highest BCUT2D eigenvalue weighted by atomic mass is 32.1. The number of carbonyl (C=O) groups is 1. The molecule has 2 aromatic carbocycles. The Hall–Kier alpha value is -3.31. The summed E-state index contributed by atoms with van der Waals surface area (Å²) < 4.78 is 0. The standard InChI is InChI=1S/C22H17N3OS/c26-21(13-16-5-2-1-3-6-16)24-19-8-4-7-18(14-19)20-15-27-22(25-20)17-9-11-23-12-10-17/h1-12,14-15H,13H2,(H,24,26). The highest BCUT2D eigenvalue weighted by molar-refractivity contribution is 7.13. The van der Waals surface area contributed by atoms with Crippen LogP contribution in [0.3, 0.4) is 0 Å². The lowest BCUT2D eigenvalue weighted by Crippen LogP contribution is -2.14. The van der Waals surface area contributed by atoms with Gasteiger partial charge in [-0.3, -0.25) is 9.78 Å². The number of carbonyl (C=O) groups excluding carboxylic acids is 1. The van der Waals surface area contributed by atoms with E-state index in [0.717, 1.165) is 33.1 Å². The molecular formula is C22H17N3OS. The summed E-state index contributed by atoms with van der Waals surface area (Å²) in [5, 5.41) is 5.95. The van der Waals surface area contributed by atoms with Gasteiger partial charge in [-0.25, -0.2) is 4.98 Å². The van der Waals surface area contributed by atoms with E-state index in [-0.39, 0.29) is 5.91 Å². The summed E-state index contributed by atoms with van der Waals surface area (Å²) >= 11 is 1.59. The van der Waals surface area contributed by atoms with Crippen molar-refractivity contribution in [2.24, 2.45) is 0 Å². The van der Waals surface area contributed by atoms with Crippen molar-refractivity contribution in [2.45, 2.75) is 6.42 Å². The summed E-state index contributed by atoms with van der Waals surface area (Å²) in [7, 11) is 0. The van der Waals surface area contributed by atoms with Crippen LogP contribution in [0.15, 0.2) is 84.5 Å². The van der Waals surface area contributed by atoms with Gasteiger partial charge < -0.3 is 5.32 Å². The zero-order chi connectivity index (χ0) is 18.5. The van der Waals surface area contributed by atoms with Crippen molar-refractivity contribution in [2.75, 3.05) is 5.32 Å². The molecule has 132 valence electrons. The molecule has 4 nitrogen and oxygen atoms in total. The van der Waals surface area contributed by atoms with E-state index in [4.69, 9.17) is 4.98 Å². The lowest BCUT2D eigenvalue weighted by Gasteiger charge is -2.07. The van der Waals surface area contributed by atoms with Crippen LogP contribution in [0.25, 0.3) is 21.8 Å². The van der Waals surface area contributed by atoms with Gasteiger partial charge in [0.1, 0.15) is 5.01 Å². The monoisotopic (exact) mass is 371 g/mol. The largest absolute Gasteiger partial charge is 0.326 e. The Labute approximate surface area is 161 Å². The second-order valence-corrected chi connectivity index (χ2v) is 6.92. The first-order valence-corrected chi connectivity index (χ1v) is 9.46. The number of hydrogen-bond acceptors (Lipinski definition) is 4. The fourth-order valence-corrected chi connectivity index (χ4v) is 3.61. The third-order valence-electron chi connectivity index (χ3n) is 4.08. The van der Waals surface area contributed by atoms with E-state index in [0.29, 0.717) is 6.42 Å². The van der Waals surface area contributed by atoms with Gasteiger partial charge in [0.25, 0.3) is 0 Å². The smallest absolute Gasteiger partial charge is 0.228 e. The summed E-state index contributed by atoms with van der Waals surface area (Å²) in [6.45, 7) is 0. The van der Waals surface area contributed by atoms with Crippen molar-refractivity contribution >= 4 is 22.9 Å². The number of aromatic nitrogens is 2. The zero-order valence-corrected chi connectivity index (χ0v) is 15.3. The van der Waals surface area contributed by atoms with Gasteiger partial charge in [-0.1, -0.05) is 42.5 Å². The molecule has 0 saturated carbocycles. The number of benzene rings is 2. The Kier molecular flexibility index (Phi) is 5.03. The van der Waals surface area contributed by atoms with Crippen LogP contribution in [0.2, 0.25) is 0 Å². The van der Waals surface area contributed by atoms with Crippen LogP contribution >= 0.6 is 11.3 Å². The van der Waals surface area contributed by atoms with Crippen molar-refractivity contribution in [1.29, 1.82) is 0 Å². The normalized spacial score (nSPS) is 10.5. The van der Waals surface area contributed by atoms with E-state index < -0.39 is 0 Å². The zero-order valence-electron chi connectivity index (χ0n) is 14.5. The van der Waals surface area contributed by atoms with Gasteiger partial charge in [-0.2, -0.15) is 0 Å². The summed E-state index contributed by atoms with van der Waals surface area (Å²) in [5.74, 6) is -0.0332.